The van der Waals surface area contributed by atoms with Gasteiger partial charge < -0.3 is 29.7 Å². The summed E-state index contributed by atoms with van der Waals surface area (Å²) in [6.45, 7) is 0. The molecule has 2 heteroatoms. The van der Waals surface area contributed by atoms with Gasteiger partial charge >= 0.3 is 34.1 Å². The predicted molar refractivity (Wildman–Crippen MR) is 25.7 cm³/mol. The Bertz CT molecular complexity index is 5.51. The fourth-order valence-corrected chi connectivity index (χ4v) is 0. The zero-order valence-corrected chi connectivity index (χ0v) is 6.92. The molecule has 0 N–H and O–H groups in total. The van der Waals surface area contributed by atoms with Gasteiger partial charge in [-0.2, -0.15) is 0 Å². The Morgan fingerprint density at radius 3 is 0.333 bits per heavy atom. The quantitative estimate of drug-likeness (QED) is 0.385. The summed E-state index contributed by atoms with van der Waals surface area (Å²) in [6.07, 6.45) is 0. The van der Waals surface area contributed by atoms with Crippen molar-refractivity contribution in [1.82, 2.24) is 0 Å². The van der Waals surface area contributed by atoms with Crippen LogP contribution in [0.4, 0.5) is 0 Å². The zero-order chi connectivity index (χ0) is 0. The van der Waals surface area contributed by atoms with E-state index in [-0.39, 0.29) is 63.8 Å². The maximum atomic E-state index is 0. The fourth-order valence-electron chi connectivity index (χ4n) is 0. The van der Waals surface area contributed by atoms with E-state index in [2.05, 4.69) is 0 Å². The molecule has 0 rings (SSSR count). The van der Waals surface area contributed by atoms with E-state index < -0.39 is 0 Å². The number of rotatable bonds is 0. The van der Waals surface area contributed by atoms with Crippen molar-refractivity contribution in [3.05, 3.63) is 29.7 Å². The Kier molecular flexibility index (Phi) is 5630. The van der Waals surface area contributed by atoms with Crippen LogP contribution in [-0.4, -0.2) is 0 Å². The fraction of sp³-hybridized carbons (Fsp3) is 0. The van der Waals surface area contributed by atoms with E-state index in [1.165, 1.54) is 0 Å². The minimum absolute atomic E-state index is 0. The topological polar surface area (TPSA) is 0 Å². The average Bonchev–Trinajstić information content (AvgIpc) is 0. The molecule has 0 atom stereocenters. The molecule has 0 amide bonds. The number of hydrogen-bond donors (Lipinski definition) is 0. The second kappa shape index (κ2) is 142. The summed E-state index contributed by atoms with van der Waals surface area (Å²) in [7, 11) is 0. The summed E-state index contributed by atoms with van der Waals surface area (Å²) >= 11 is 0. The van der Waals surface area contributed by atoms with Crippen LogP contribution in [0.2, 0.25) is 0 Å². The van der Waals surface area contributed by atoms with Gasteiger partial charge in [0.25, 0.3) is 0 Å². The summed E-state index contributed by atoms with van der Waals surface area (Å²) in [5, 5.41) is 0. The number of hydrogen-bond acceptors (Lipinski definition) is 0. The Balaban J connectivity index is 0. The molecule has 0 bridgehead atoms. The minimum Gasteiger partial charge on any atom is -0.358 e. The molecule has 6 heavy (non-hydrogen) atoms. The molecular weight excluding hydrogens is 160 g/mol. The van der Waals surface area contributed by atoms with Crippen molar-refractivity contribution in [2.75, 3.05) is 0 Å². The summed E-state index contributed by atoms with van der Waals surface area (Å²) in [4.78, 5) is 0. The van der Waals surface area contributed by atoms with Crippen LogP contribution in [0.3, 0.4) is 0 Å². The normalized spacial score (nSPS) is 0. The summed E-state index contributed by atoms with van der Waals surface area (Å²) in [6, 6.07) is 0. The molecule has 0 fully saturated rings. The van der Waals surface area contributed by atoms with Crippen molar-refractivity contribution in [1.29, 1.82) is 0 Å². The molecule has 0 unspecified atom stereocenters. The maximum Gasteiger partial charge on any atom is 2.00 e. The second-order valence-corrected chi connectivity index (χ2v) is 0. The smallest absolute Gasteiger partial charge is 0.358 e. The molecule has 0 aliphatic rings. The standard InChI is InChI=1S/4CH3.2Fe/h4*1H3;;/q4*-1;2*+2. The Morgan fingerprint density at radius 1 is 0.333 bits per heavy atom. The van der Waals surface area contributed by atoms with Gasteiger partial charge in [-0.1, -0.05) is 0 Å². The summed E-state index contributed by atoms with van der Waals surface area (Å²) in [5.41, 5.74) is 0. The summed E-state index contributed by atoms with van der Waals surface area (Å²) < 4.78 is 0. The molecule has 0 aliphatic heterocycles. The second-order valence-electron chi connectivity index (χ2n) is 0. The van der Waals surface area contributed by atoms with E-state index >= 15 is 0 Å². The molecule has 0 nitrogen and oxygen atoms in total. The van der Waals surface area contributed by atoms with E-state index in [0.717, 1.165) is 0 Å². The van der Waals surface area contributed by atoms with Gasteiger partial charge in [0.1, 0.15) is 0 Å². The minimum atomic E-state index is 0. The van der Waals surface area contributed by atoms with E-state index in [0.29, 0.717) is 0 Å². The van der Waals surface area contributed by atoms with Gasteiger partial charge in [0.2, 0.25) is 0 Å². The van der Waals surface area contributed by atoms with E-state index in [4.69, 9.17) is 0 Å². The Labute approximate surface area is 64.0 Å². The third-order valence-electron chi connectivity index (χ3n) is 0. The van der Waals surface area contributed by atoms with Gasteiger partial charge in [-0.25, -0.2) is 0 Å². The zero-order valence-electron chi connectivity index (χ0n) is 4.71. The molecular formula is C4H12Fe2. The molecule has 0 aromatic rings. The summed E-state index contributed by atoms with van der Waals surface area (Å²) in [5.74, 6) is 0. The third-order valence-corrected chi connectivity index (χ3v) is 0. The van der Waals surface area contributed by atoms with E-state index in [9.17, 15) is 0 Å². The van der Waals surface area contributed by atoms with Crippen molar-refractivity contribution in [2.24, 2.45) is 0 Å². The molecule has 0 radical (unpaired) electrons. The van der Waals surface area contributed by atoms with Gasteiger partial charge in [-0.15, -0.1) is 0 Å². The first-order valence-corrected chi connectivity index (χ1v) is 0. The largest absolute Gasteiger partial charge is 2.00 e. The molecule has 0 spiro atoms. The molecule has 0 aromatic carbocycles. The molecule has 0 heterocycles. The SMILES string of the molecule is [CH3-].[CH3-].[CH3-].[CH3-].[Fe+2].[Fe+2]. The average molecular weight is 172 g/mol. The van der Waals surface area contributed by atoms with Crippen LogP contribution in [0.15, 0.2) is 0 Å². The molecule has 0 aliphatic carbocycles. The van der Waals surface area contributed by atoms with Crippen molar-refractivity contribution < 1.29 is 34.1 Å². The first-order valence-electron chi connectivity index (χ1n) is 0. The van der Waals surface area contributed by atoms with Gasteiger partial charge in [0.15, 0.2) is 0 Å². The van der Waals surface area contributed by atoms with Crippen LogP contribution < -0.4 is 0 Å². The van der Waals surface area contributed by atoms with Crippen LogP contribution in [0, 0.1) is 29.7 Å². The van der Waals surface area contributed by atoms with E-state index in [1.807, 2.05) is 0 Å². The Morgan fingerprint density at radius 2 is 0.333 bits per heavy atom. The molecule has 0 saturated carbocycles. The van der Waals surface area contributed by atoms with Crippen LogP contribution in [-0.2, 0) is 34.1 Å². The first kappa shape index (κ1) is 238. The monoisotopic (exact) mass is 172 g/mol. The van der Waals surface area contributed by atoms with Crippen molar-refractivity contribution >= 4 is 0 Å². The van der Waals surface area contributed by atoms with Gasteiger partial charge in [-0.05, 0) is 0 Å². The van der Waals surface area contributed by atoms with Gasteiger partial charge in [0.05, 0.1) is 0 Å². The first-order chi connectivity index (χ1) is 0. The van der Waals surface area contributed by atoms with Crippen molar-refractivity contribution in [3.8, 4) is 0 Å². The van der Waals surface area contributed by atoms with Crippen LogP contribution >= 0.6 is 0 Å². The predicted octanol–water partition coefficient (Wildman–Crippen LogP) is 1.80. The molecule has 0 saturated heterocycles. The van der Waals surface area contributed by atoms with Crippen LogP contribution in [0.5, 0.6) is 0 Å². The van der Waals surface area contributed by atoms with Crippen LogP contribution in [0.25, 0.3) is 0 Å². The van der Waals surface area contributed by atoms with Gasteiger partial charge in [0, 0.05) is 0 Å². The van der Waals surface area contributed by atoms with Crippen molar-refractivity contribution in [3.63, 3.8) is 0 Å². The molecule has 0 aromatic heterocycles. The Hall–Kier alpha value is 1.04. The van der Waals surface area contributed by atoms with E-state index in [1.54, 1.807) is 0 Å². The van der Waals surface area contributed by atoms with Crippen molar-refractivity contribution in [2.45, 2.75) is 0 Å². The maximum absolute atomic E-state index is 0. The molecule has 44 valence electrons. The third kappa shape index (κ3) is 76.2. The van der Waals surface area contributed by atoms with Crippen LogP contribution in [0.1, 0.15) is 0 Å². The van der Waals surface area contributed by atoms with Gasteiger partial charge in [-0.3, -0.25) is 0 Å².